The topological polar surface area (TPSA) is 86.8 Å². The molecule has 0 aliphatic heterocycles. The van der Waals surface area contributed by atoms with Gasteiger partial charge in [0, 0.05) is 20.1 Å². The lowest BCUT2D eigenvalue weighted by atomic mass is 9.97. The molecule has 0 saturated carbocycles. The van der Waals surface area contributed by atoms with Crippen LogP contribution in [0.4, 0.5) is 4.39 Å². The van der Waals surface area contributed by atoms with Gasteiger partial charge >= 0.3 is 0 Å². The number of hydrogen-bond acceptors (Lipinski definition) is 4. The Morgan fingerprint density at radius 3 is 2.45 bits per heavy atom. The third-order valence-corrected chi connectivity index (χ3v) is 6.75. The first-order chi connectivity index (χ1) is 14.6. The van der Waals surface area contributed by atoms with E-state index in [2.05, 4.69) is 11.4 Å². The number of hydrogen-bond donors (Lipinski definition) is 1. The molecular weight excluding hydrogens is 421 g/mol. The molecule has 0 aromatic heterocycles. The standard InChI is InChI=1S/C22H32FN3O4S/c1-17(22(28)24-14-13-18-7-5-4-6-8-18)26(15-19-9-11-20(23)12-10-19)21(27)16-25(2)31(3,29)30/h7,9-12,17H,4-6,8,13-16H2,1-3H3,(H,24,28). The van der Waals surface area contributed by atoms with Crippen molar-refractivity contribution < 1.29 is 22.4 Å². The van der Waals surface area contributed by atoms with Gasteiger partial charge in [0.05, 0.1) is 12.8 Å². The Hall–Kier alpha value is -2.26. The van der Waals surface area contributed by atoms with Gasteiger partial charge in [0.25, 0.3) is 0 Å². The van der Waals surface area contributed by atoms with Gasteiger partial charge in [0.1, 0.15) is 11.9 Å². The number of rotatable bonds is 10. The summed E-state index contributed by atoms with van der Waals surface area (Å²) in [5.41, 5.74) is 1.98. The van der Waals surface area contributed by atoms with Crippen LogP contribution in [0.3, 0.4) is 0 Å². The first kappa shape index (κ1) is 25.0. The maximum absolute atomic E-state index is 13.2. The van der Waals surface area contributed by atoms with Gasteiger partial charge in [0.2, 0.25) is 21.8 Å². The highest BCUT2D eigenvalue weighted by Gasteiger charge is 2.28. The lowest BCUT2D eigenvalue weighted by Crippen LogP contribution is -2.50. The van der Waals surface area contributed by atoms with Crippen LogP contribution in [-0.4, -0.2) is 61.9 Å². The monoisotopic (exact) mass is 453 g/mol. The first-order valence-electron chi connectivity index (χ1n) is 10.5. The molecule has 1 aromatic carbocycles. The summed E-state index contributed by atoms with van der Waals surface area (Å²) in [7, 11) is -2.24. The maximum Gasteiger partial charge on any atom is 0.242 e. The molecular formula is C22H32FN3O4S. The van der Waals surface area contributed by atoms with Crippen LogP contribution < -0.4 is 5.32 Å². The normalized spacial score (nSPS) is 15.3. The summed E-state index contributed by atoms with van der Waals surface area (Å²) in [5, 5.41) is 2.88. The van der Waals surface area contributed by atoms with Gasteiger partial charge in [-0.1, -0.05) is 23.8 Å². The molecule has 0 fully saturated rings. The van der Waals surface area contributed by atoms with Crippen molar-refractivity contribution in [3.8, 4) is 0 Å². The molecule has 31 heavy (non-hydrogen) atoms. The molecule has 1 aromatic rings. The summed E-state index contributed by atoms with van der Waals surface area (Å²) >= 11 is 0. The lowest BCUT2D eigenvalue weighted by Gasteiger charge is -2.30. The van der Waals surface area contributed by atoms with Crippen molar-refractivity contribution in [1.29, 1.82) is 0 Å². The van der Waals surface area contributed by atoms with Crippen LogP contribution in [0.25, 0.3) is 0 Å². The summed E-state index contributed by atoms with van der Waals surface area (Å²) in [5.74, 6) is -1.22. The molecule has 9 heteroatoms. The minimum Gasteiger partial charge on any atom is -0.354 e. The SMILES string of the molecule is CC(C(=O)NCCC1=CCCCC1)N(Cc1ccc(F)cc1)C(=O)CN(C)S(C)(=O)=O. The molecule has 1 N–H and O–H groups in total. The molecule has 1 aliphatic rings. The number of allylic oxidation sites excluding steroid dienone is 1. The highest BCUT2D eigenvalue weighted by molar-refractivity contribution is 7.88. The highest BCUT2D eigenvalue weighted by Crippen LogP contribution is 2.19. The van der Waals surface area contributed by atoms with Crippen molar-refractivity contribution in [2.45, 2.75) is 51.6 Å². The van der Waals surface area contributed by atoms with Gasteiger partial charge in [-0.15, -0.1) is 0 Å². The average molecular weight is 454 g/mol. The van der Waals surface area contributed by atoms with E-state index in [1.54, 1.807) is 6.92 Å². The second-order valence-corrected chi connectivity index (χ2v) is 10.1. The molecule has 7 nitrogen and oxygen atoms in total. The first-order valence-corrected chi connectivity index (χ1v) is 12.3. The van der Waals surface area contributed by atoms with E-state index in [1.165, 1.54) is 54.6 Å². The molecule has 1 unspecified atom stereocenters. The average Bonchev–Trinajstić information content (AvgIpc) is 2.72. The Morgan fingerprint density at radius 1 is 1.19 bits per heavy atom. The summed E-state index contributed by atoms with van der Waals surface area (Å²) in [4.78, 5) is 27.0. The molecule has 172 valence electrons. The lowest BCUT2D eigenvalue weighted by molar-refractivity contribution is -0.140. The highest BCUT2D eigenvalue weighted by atomic mass is 32.2. The molecule has 1 aliphatic carbocycles. The van der Waals surface area contributed by atoms with Gasteiger partial charge in [-0.05, 0) is 56.7 Å². The number of nitrogens with zero attached hydrogens (tertiary/aromatic N) is 2. The summed E-state index contributed by atoms with van der Waals surface area (Å²) in [6, 6.07) is 4.82. The van der Waals surface area contributed by atoms with Gasteiger partial charge in [0.15, 0.2) is 0 Å². The molecule has 2 amide bonds. The van der Waals surface area contributed by atoms with E-state index in [-0.39, 0.29) is 19.0 Å². The number of carbonyl (C=O) groups is 2. The number of amides is 2. The number of halogens is 1. The van der Waals surface area contributed by atoms with Crippen molar-refractivity contribution >= 4 is 21.8 Å². The number of benzene rings is 1. The fourth-order valence-corrected chi connectivity index (χ4v) is 3.74. The fourth-order valence-electron chi connectivity index (χ4n) is 3.39. The quantitative estimate of drug-likeness (QED) is 0.552. The Balaban J connectivity index is 2.07. The molecule has 0 spiro atoms. The van der Waals surface area contributed by atoms with Crippen molar-refractivity contribution in [3.63, 3.8) is 0 Å². The zero-order chi connectivity index (χ0) is 23.0. The van der Waals surface area contributed by atoms with Gasteiger partial charge < -0.3 is 10.2 Å². The molecule has 0 bridgehead atoms. The van der Waals surface area contributed by atoms with Crippen LogP contribution in [0, 0.1) is 5.82 Å². The smallest absolute Gasteiger partial charge is 0.242 e. The Morgan fingerprint density at radius 2 is 1.87 bits per heavy atom. The van der Waals surface area contributed by atoms with E-state index in [1.807, 2.05) is 0 Å². The third-order valence-electron chi connectivity index (χ3n) is 5.49. The number of likely N-dealkylation sites (N-methyl/N-ethyl adjacent to an activating group) is 1. The number of sulfonamides is 1. The maximum atomic E-state index is 13.2. The van der Waals surface area contributed by atoms with Crippen LogP contribution in [0.15, 0.2) is 35.9 Å². The van der Waals surface area contributed by atoms with Crippen LogP contribution in [0.1, 0.15) is 44.6 Å². The zero-order valence-corrected chi connectivity index (χ0v) is 19.3. The second kappa shape index (κ2) is 11.4. The van der Waals surface area contributed by atoms with Gasteiger partial charge in [-0.3, -0.25) is 9.59 Å². The largest absolute Gasteiger partial charge is 0.354 e. The van der Waals surface area contributed by atoms with E-state index in [0.29, 0.717) is 12.1 Å². The van der Waals surface area contributed by atoms with Gasteiger partial charge in [-0.2, -0.15) is 4.31 Å². The van der Waals surface area contributed by atoms with E-state index in [4.69, 9.17) is 0 Å². The van der Waals surface area contributed by atoms with E-state index in [9.17, 15) is 22.4 Å². The number of carbonyl (C=O) groups excluding carboxylic acids is 2. The summed E-state index contributed by atoms with van der Waals surface area (Å²) in [6.07, 6.45) is 8.53. The van der Waals surface area contributed by atoms with Crippen LogP contribution in [-0.2, 0) is 26.2 Å². The predicted octanol–water partition coefficient (Wildman–Crippen LogP) is 2.44. The Labute approximate surface area is 184 Å². The minimum absolute atomic E-state index is 0.0659. The second-order valence-electron chi connectivity index (χ2n) is 7.99. The zero-order valence-electron chi connectivity index (χ0n) is 18.4. The molecule has 0 radical (unpaired) electrons. The molecule has 0 saturated heterocycles. The van der Waals surface area contributed by atoms with Crippen molar-refractivity contribution in [2.75, 3.05) is 26.4 Å². The van der Waals surface area contributed by atoms with Crippen LogP contribution in [0.5, 0.6) is 0 Å². The number of nitrogens with one attached hydrogen (secondary N) is 1. The van der Waals surface area contributed by atoms with E-state index in [0.717, 1.165) is 29.8 Å². The Bertz CT molecular complexity index is 900. The van der Waals surface area contributed by atoms with Crippen molar-refractivity contribution in [1.82, 2.24) is 14.5 Å². The van der Waals surface area contributed by atoms with E-state index < -0.39 is 27.8 Å². The Kier molecular flexibility index (Phi) is 9.18. The van der Waals surface area contributed by atoms with E-state index >= 15 is 0 Å². The fraction of sp³-hybridized carbons (Fsp3) is 0.545. The van der Waals surface area contributed by atoms with Gasteiger partial charge in [-0.25, -0.2) is 12.8 Å². The minimum atomic E-state index is -3.55. The molecule has 1 atom stereocenters. The predicted molar refractivity (Wildman–Crippen MR) is 118 cm³/mol. The van der Waals surface area contributed by atoms with Crippen LogP contribution in [0.2, 0.25) is 0 Å². The summed E-state index contributed by atoms with van der Waals surface area (Å²) < 4.78 is 37.6. The van der Waals surface area contributed by atoms with Crippen LogP contribution >= 0.6 is 0 Å². The molecule has 0 heterocycles. The van der Waals surface area contributed by atoms with Crippen molar-refractivity contribution in [2.24, 2.45) is 0 Å². The summed E-state index contributed by atoms with van der Waals surface area (Å²) in [6.45, 7) is 1.77. The third kappa shape index (κ3) is 8.06. The molecule has 2 rings (SSSR count). The van der Waals surface area contributed by atoms with Crippen molar-refractivity contribution in [3.05, 3.63) is 47.3 Å².